The molecule has 1 N–H and O–H groups in total. The number of para-hydroxylation sites is 2. The molecule has 3 aromatic rings. The number of fused-ring (bicyclic) bond motifs is 1. The lowest BCUT2D eigenvalue weighted by Crippen LogP contribution is -2.27. The van der Waals surface area contributed by atoms with Crippen molar-refractivity contribution in [2.24, 2.45) is 0 Å². The summed E-state index contributed by atoms with van der Waals surface area (Å²) in [6.07, 6.45) is 0. The molecule has 4 nitrogen and oxygen atoms in total. The molecule has 0 unspecified atom stereocenters. The number of amides is 1. The van der Waals surface area contributed by atoms with Crippen LogP contribution in [0.3, 0.4) is 0 Å². The van der Waals surface area contributed by atoms with Crippen LogP contribution in [-0.4, -0.2) is 15.5 Å². The van der Waals surface area contributed by atoms with Crippen molar-refractivity contribution in [3.05, 3.63) is 63.9 Å². The number of nitrogens with zero attached hydrogens (tertiary/aromatic N) is 2. The van der Waals surface area contributed by atoms with Crippen LogP contribution >= 0.6 is 27.5 Å². The SMILES string of the molecule is O=C(Cn1c(Cl)nc2ccccc21)NCc1ccccc1Br. The van der Waals surface area contributed by atoms with Crippen molar-refractivity contribution < 1.29 is 4.79 Å². The summed E-state index contributed by atoms with van der Waals surface area (Å²) in [7, 11) is 0. The fraction of sp³-hybridized carbons (Fsp3) is 0.125. The lowest BCUT2D eigenvalue weighted by atomic mass is 10.2. The van der Waals surface area contributed by atoms with Gasteiger partial charge in [-0.3, -0.25) is 4.79 Å². The summed E-state index contributed by atoms with van der Waals surface area (Å²) < 4.78 is 2.67. The van der Waals surface area contributed by atoms with Crippen molar-refractivity contribution in [1.29, 1.82) is 0 Å². The van der Waals surface area contributed by atoms with E-state index in [0.717, 1.165) is 21.1 Å². The summed E-state index contributed by atoms with van der Waals surface area (Å²) in [5, 5.41) is 3.21. The predicted octanol–water partition coefficient (Wildman–Crippen LogP) is 3.77. The largest absolute Gasteiger partial charge is 0.350 e. The number of carbonyl (C=O) groups excluding carboxylic acids is 1. The molecule has 0 aliphatic rings. The molecule has 3 rings (SSSR count). The quantitative estimate of drug-likeness (QED) is 0.751. The van der Waals surface area contributed by atoms with Crippen LogP contribution in [0.4, 0.5) is 0 Å². The Morgan fingerprint density at radius 1 is 1.18 bits per heavy atom. The number of halogens is 2. The van der Waals surface area contributed by atoms with Gasteiger partial charge >= 0.3 is 0 Å². The maximum absolute atomic E-state index is 12.2. The molecule has 0 radical (unpaired) electrons. The van der Waals surface area contributed by atoms with Crippen LogP contribution < -0.4 is 5.32 Å². The zero-order valence-electron chi connectivity index (χ0n) is 11.6. The van der Waals surface area contributed by atoms with Gasteiger partial charge in [0.25, 0.3) is 0 Å². The number of aromatic nitrogens is 2. The molecule has 0 aliphatic heterocycles. The molecule has 6 heteroatoms. The molecule has 0 fully saturated rings. The van der Waals surface area contributed by atoms with E-state index in [4.69, 9.17) is 11.6 Å². The van der Waals surface area contributed by atoms with Crippen molar-refractivity contribution in [1.82, 2.24) is 14.9 Å². The molecular weight excluding hydrogens is 366 g/mol. The first-order valence-corrected chi connectivity index (χ1v) is 7.93. The molecule has 0 spiro atoms. The predicted molar refractivity (Wildman–Crippen MR) is 90.7 cm³/mol. The number of hydrogen-bond donors (Lipinski definition) is 1. The highest BCUT2D eigenvalue weighted by Crippen LogP contribution is 2.19. The first-order chi connectivity index (χ1) is 10.6. The summed E-state index contributed by atoms with van der Waals surface area (Å²) in [5.74, 6) is -0.110. The van der Waals surface area contributed by atoms with Crippen LogP contribution in [0.2, 0.25) is 5.28 Å². The van der Waals surface area contributed by atoms with E-state index < -0.39 is 0 Å². The molecule has 0 saturated carbocycles. The summed E-state index contributed by atoms with van der Waals surface area (Å²) in [4.78, 5) is 16.4. The highest BCUT2D eigenvalue weighted by atomic mass is 79.9. The number of imidazole rings is 1. The van der Waals surface area contributed by atoms with E-state index in [1.54, 1.807) is 4.57 Å². The topological polar surface area (TPSA) is 46.9 Å². The Hall–Kier alpha value is -1.85. The third-order valence-corrected chi connectivity index (χ3v) is 4.41. The molecule has 1 aromatic heterocycles. The molecule has 0 atom stereocenters. The highest BCUT2D eigenvalue weighted by molar-refractivity contribution is 9.10. The van der Waals surface area contributed by atoms with E-state index in [1.165, 1.54) is 0 Å². The van der Waals surface area contributed by atoms with Gasteiger partial charge in [-0.15, -0.1) is 0 Å². The number of rotatable bonds is 4. The van der Waals surface area contributed by atoms with Gasteiger partial charge in [-0.1, -0.05) is 46.3 Å². The fourth-order valence-electron chi connectivity index (χ4n) is 2.23. The second-order valence-electron chi connectivity index (χ2n) is 4.82. The Morgan fingerprint density at radius 2 is 1.91 bits per heavy atom. The summed E-state index contributed by atoms with van der Waals surface area (Å²) >= 11 is 9.58. The first-order valence-electron chi connectivity index (χ1n) is 6.76. The van der Waals surface area contributed by atoms with Crippen molar-refractivity contribution >= 4 is 44.5 Å². The number of benzene rings is 2. The van der Waals surface area contributed by atoms with E-state index in [9.17, 15) is 4.79 Å². The first kappa shape index (κ1) is 15.1. The molecule has 1 amide bonds. The van der Waals surface area contributed by atoms with Gasteiger partial charge in [-0.2, -0.15) is 0 Å². The van der Waals surface area contributed by atoms with Gasteiger partial charge in [0.05, 0.1) is 11.0 Å². The maximum atomic E-state index is 12.2. The Kier molecular flexibility index (Phi) is 4.45. The summed E-state index contributed by atoms with van der Waals surface area (Å²) in [6, 6.07) is 15.3. The van der Waals surface area contributed by atoms with Gasteiger partial charge in [0.15, 0.2) is 0 Å². The molecule has 0 aliphatic carbocycles. The van der Waals surface area contributed by atoms with Gasteiger partial charge in [0.2, 0.25) is 11.2 Å². The van der Waals surface area contributed by atoms with Crippen LogP contribution in [0.1, 0.15) is 5.56 Å². The second-order valence-corrected chi connectivity index (χ2v) is 6.02. The molecule has 2 aromatic carbocycles. The third kappa shape index (κ3) is 3.15. The van der Waals surface area contributed by atoms with E-state index >= 15 is 0 Å². The van der Waals surface area contributed by atoms with E-state index in [-0.39, 0.29) is 12.5 Å². The molecule has 22 heavy (non-hydrogen) atoms. The molecule has 1 heterocycles. The zero-order chi connectivity index (χ0) is 15.5. The smallest absolute Gasteiger partial charge is 0.240 e. The van der Waals surface area contributed by atoms with E-state index in [1.807, 2.05) is 48.5 Å². The summed E-state index contributed by atoms with van der Waals surface area (Å²) in [5.41, 5.74) is 2.66. The average Bonchev–Trinajstić information content (AvgIpc) is 2.83. The van der Waals surface area contributed by atoms with Crippen molar-refractivity contribution in [2.45, 2.75) is 13.1 Å². The van der Waals surface area contributed by atoms with Gasteiger partial charge in [0, 0.05) is 11.0 Å². The minimum Gasteiger partial charge on any atom is -0.350 e. The lowest BCUT2D eigenvalue weighted by Gasteiger charge is -2.09. The fourth-order valence-corrected chi connectivity index (χ4v) is 2.90. The van der Waals surface area contributed by atoms with Gasteiger partial charge in [-0.25, -0.2) is 4.98 Å². The Labute approximate surface area is 141 Å². The Morgan fingerprint density at radius 3 is 2.73 bits per heavy atom. The van der Waals surface area contributed by atoms with Crippen LogP contribution in [0.25, 0.3) is 11.0 Å². The van der Waals surface area contributed by atoms with Crippen LogP contribution in [0.15, 0.2) is 53.0 Å². The molecule has 0 saturated heterocycles. The van der Waals surface area contributed by atoms with Gasteiger partial charge in [0.1, 0.15) is 6.54 Å². The second kappa shape index (κ2) is 6.50. The monoisotopic (exact) mass is 377 g/mol. The van der Waals surface area contributed by atoms with Crippen molar-refractivity contribution in [3.8, 4) is 0 Å². The van der Waals surface area contributed by atoms with Crippen molar-refractivity contribution in [2.75, 3.05) is 0 Å². The molecule has 112 valence electrons. The highest BCUT2D eigenvalue weighted by Gasteiger charge is 2.12. The van der Waals surface area contributed by atoms with Crippen molar-refractivity contribution in [3.63, 3.8) is 0 Å². The number of hydrogen-bond acceptors (Lipinski definition) is 2. The minimum atomic E-state index is -0.110. The maximum Gasteiger partial charge on any atom is 0.240 e. The lowest BCUT2D eigenvalue weighted by molar-refractivity contribution is -0.121. The Balaban J connectivity index is 1.71. The molecule has 0 bridgehead atoms. The standard InChI is InChI=1S/C16H13BrClN3O/c17-12-6-2-1-5-11(12)9-19-15(22)10-21-14-8-4-3-7-13(14)20-16(21)18/h1-8H,9-10H2,(H,19,22). The van der Waals surface area contributed by atoms with E-state index in [2.05, 4.69) is 26.2 Å². The third-order valence-electron chi connectivity index (χ3n) is 3.34. The van der Waals surface area contributed by atoms with Crippen LogP contribution in [0, 0.1) is 0 Å². The van der Waals surface area contributed by atoms with E-state index in [0.29, 0.717) is 11.8 Å². The van der Waals surface area contributed by atoms with Crippen LogP contribution in [0.5, 0.6) is 0 Å². The minimum absolute atomic E-state index is 0.110. The number of nitrogens with one attached hydrogen (secondary N) is 1. The van der Waals surface area contributed by atoms with Crippen LogP contribution in [-0.2, 0) is 17.9 Å². The Bertz CT molecular complexity index is 831. The summed E-state index contributed by atoms with van der Waals surface area (Å²) in [6.45, 7) is 0.605. The molecular formula is C16H13BrClN3O. The van der Waals surface area contributed by atoms with Gasteiger partial charge < -0.3 is 9.88 Å². The van der Waals surface area contributed by atoms with Gasteiger partial charge in [-0.05, 0) is 35.4 Å². The zero-order valence-corrected chi connectivity index (χ0v) is 13.9. The average molecular weight is 379 g/mol. The normalized spacial score (nSPS) is 10.8. The number of carbonyl (C=O) groups is 1.